The molecule has 0 bridgehead atoms. The van der Waals surface area contributed by atoms with Gasteiger partial charge in [0.25, 0.3) is 5.91 Å². The molecular formula is C28H59N4O6SU+. The summed E-state index contributed by atoms with van der Waals surface area (Å²) in [5.41, 5.74) is 2.16. The average Bonchev–Trinajstić information content (AvgIpc) is 2.89. The van der Waals surface area contributed by atoms with E-state index in [1.54, 1.807) is 0 Å². The Morgan fingerprint density at radius 2 is 1.43 bits per heavy atom. The molecule has 0 aromatic carbocycles. The van der Waals surface area contributed by atoms with Gasteiger partial charge in [0, 0.05) is 37.5 Å². The molecule has 0 heterocycles. The minimum Gasteiger partial charge on any atom is -0.542 e. The van der Waals surface area contributed by atoms with Crippen LogP contribution in [-0.4, -0.2) is 94.8 Å². The number of hydrazine groups is 1. The van der Waals surface area contributed by atoms with Gasteiger partial charge in [-0.3, -0.25) is 25.2 Å². The van der Waals surface area contributed by atoms with Crippen LogP contribution in [0, 0.1) is 42.9 Å². The predicted molar refractivity (Wildman–Crippen MR) is 160 cm³/mol. The molecule has 0 radical (unpaired) electrons. The fraction of sp³-hybridized carbons (Fsp3) is 0.857. The maximum atomic E-state index is 12.0. The molecule has 1 amide bonds. The fourth-order valence-corrected chi connectivity index (χ4v) is 5.33. The summed E-state index contributed by atoms with van der Waals surface area (Å²) in [4.78, 5) is 44.3. The van der Waals surface area contributed by atoms with E-state index < -0.39 is 11.9 Å². The molecule has 0 aromatic rings. The van der Waals surface area contributed by atoms with Gasteiger partial charge in [-0.15, -0.1) is 6.42 Å². The van der Waals surface area contributed by atoms with Crippen LogP contribution in [-0.2, 0) is 19.2 Å². The number of nitrogens with two attached hydrogens (primary N) is 1. The summed E-state index contributed by atoms with van der Waals surface area (Å²) in [6.45, 7) is 18.1. The number of carboxylic acids is 2. The van der Waals surface area contributed by atoms with E-state index in [0.717, 1.165) is 51.6 Å². The second-order valence-corrected chi connectivity index (χ2v) is 11.6. The third kappa shape index (κ3) is 25.1. The number of carbonyl (C=O) groups excluding carboxylic acids is 2. The smallest absolute Gasteiger partial charge is 0.359 e. The van der Waals surface area contributed by atoms with Crippen LogP contribution in [0.2, 0.25) is 0 Å². The molecule has 12 heteroatoms. The number of quaternary nitrogens is 2. The first-order valence-electron chi connectivity index (χ1n) is 14.5. The van der Waals surface area contributed by atoms with E-state index in [2.05, 4.69) is 33.1 Å². The number of carbonyl (C=O) groups is 3. The monoisotopic (exact) mass is 817 g/mol. The average molecular weight is 818 g/mol. The first-order chi connectivity index (χ1) is 18.4. The first-order valence-corrected chi connectivity index (χ1v) is 15.4. The van der Waals surface area contributed by atoms with Crippen molar-refractivity contribution in [1.82, 2.24) is 5.43 Å². The molecule has 0 aliphatic heterocycles. The van der Waals surface area contributed by atoms with Gasteiger partial charge >= 0.3 is 11.9 Å². The zero-order valence-corrected chi connectivity index (χ0v) is 31.4. The number of rotatable bonds is 21. The summed E-state index contributed by atoms with van der Waals surface area (Å²) in [6.07, 6.45) is 7.95. The van der Waals surface area contributed by atoms with E-state index in [1.807, 2.05) is 34.1 Å². The summed E-state index contributed by atoms with van der Waals surface area (Å²) in [5.74, 6) is 3.97. The molecule has 0 aliphatic carbocycles. The van der Waals surface area contributed by atoms with E-state index in [-0.39, 0.29) is 61.8 Å². The molecule has 0 spiro atoms. The number of carboxylic acid groups (broad SMARTS) is 2. The second-order valence-electron chi connectivity index (χ2n) is 10.2. The zero-order valence-electron chi connectivity index (χ0n) is 26.5. The molecular weight excluding hydrogens is 758 g/mol. The normalized spacial score (nSPS) is 13.5. The topological polar surface area (TPSA) is 147 Å². The Kier molecular flexibility index (Phi) is 33.0. The summed E-state index contributed by atoms with van der Waals surface area (Å²) < 4.78 is 0.983. The van der Waals surface area contributed by atoms with Crippen LogP contribution in [0.1, 0.15) is 93.4 Å². The number of aliphatic carboxylic acids is 2. The van der Waals surface area contributed by atoms with Crippen LogP contribution in [0.25, 0.3) is 0 Å². The van der Waals surface area contributed by atoms with Crippen molar-refractivity contribution in [3.63, 3.8) is 0 Å². The number of hydrogen-bond acceptors (Lipinski definition) is 6. The van der Waals surface area contributed by atoms with Crippen LogP contribution < -0.4 is 11.3 Å². The maximum Gasteiger partial charge on any atom is 0.359 e. The van der Waals surface area contributed by atoms with Crippen molar-refractivity contribution in [2.24, 2.45) is 17.7 Å². The van der Waals surface area contributed by atoms with Gasteiger partial charge in [0.15, 0.2) is 13.1 Å². The minimum atomic E-state index is -0.905. The summed E-state index contributed by atoms with van der Waals surface area (Å²) in [5, 5.41) is 17.8. The van der Waals surface area contributed by atoms with E-state index in [1.165, 1.54) is 11.9 Å². The number of amides is 1. The van der Waals surface area contributed by atoms with Crippen molar-refractivity contribution >= 4 is 36.1 Å². The molecule has 10 nitrogen and oxygen atoms in total. The van der Waals surface area contributed by atoms with Crippen molar-refractivity contribution in [3.05, 3.63) is 0 Å². The van der Waals surface area contributed by atoms with Crippen molar-refractivity contribution in [2.45, 2.75) is 93.4 Å². The number of nitrogens with zero attached hydrogens (tertiary/aromatic N) is 2. The zero-order chi connectivity index (χ0) is 30.9. The number of nitrogens with one attached hydrogen (secondary N) is 1. The van der Waals surface area contributed by atoms with Gasteiger partial charge in [-0.25, -0.2) is 10.6 Å². The van der Waals surface area contributed by atoms with Crippen molar-refractivity contribution < 1.29 is 68.9 Å². The van der Waals surface area contributed by atoms with Gasteiger partial charge in [0.1, 0.15) is 5.75 Å². The number of likely N-dealkylation sites (N-methyl/N-ethyl adjacent to an activating group) is 1. The summed E-state index contributed by atoms with van der Waals surface area (Å²) in [6, 6.07) is 0. The van der Waals surface area contributed by atoms with Gasteiger partial charge in [0.05, 0.1) is 45.2 Å². The SMILES string of the molecule is CC.CCC(C)CC[N+](CCC(CC)C[C-]=O)(CC(=O)NN)SCC(=O)O.CCC[N+](C)(CCC)CC(=O)O.[U]. The first kappa shape index (κ1) is 46.3. The second kappa shape index (κ2) is 28.5. The molecule has 40 heavy (non-hydrogen) atoms. The van der Waals surface area contributed by atoms with Gasteiger partial charge in [-0.05, 0) is 25.2 Å². The van der Waals surface area contributed by atoms with E-state index in [0.29, 0.717) is 33.8 Å². The van der Waals surface area contributed by atoms with Crippen molar-refractivity contribution in [3.8, 4) is 0 Å². The van der Waals surface area contributed by atoms with Crippen molar-refractivity contribution in [2.75, 3.05) is 52.1 Å². The Balaban J connectivity index is -0.000000363. The molecule has 0 rings (SSSR count). The maximum absolute atomic E-state index is 12.0. The third-order valence-electron chi connectivity index (χ3n) is 6.72. The van der Waals surface area contributed by atoms with Gasteiger partial charge < -0.3 is 19.5 Å². The predicted octanol–water partition coefficient (Wildman–Crippen LogP) is 4.24. The van der Waals surface area contributed by atoms with Gasteiger partial charge in [-0.2, -0.15) is 0 Å². The minimum absolute atomic E-state index is 0. The van der Waals surface area contributed by atoms with Crippen molar-refractivity contribution in [1.29, 1.82) is 0 Å². The van der Waals surface area contributed by atoms with E-state index in [9.17, 15) is 19.2 Å². The summed E-state index contributed by atoms with van der Waals surface area (Å²) >= 11 is 1.27. The van der Waals surface area contributed by atoms with Crippen LogP contribution in [0.3, 0.4) is 0 Å². The Morgan fingerprint density at radius 1 is 0.900 bits per heavy atom. The quantitative estimate of drug-likeness (QED) is 0.0336. The molecule has 5 N–H and O–H groups in total. The molecule has 0 saturated heterocycles. The molecule has 0 aromatic heterocycles. The van der Waals surface area contributed by atoms with E-state index >= 15 is 0 Å². The van der Waals surface area contributed by atoms with Crippen LogP contribution in [0.5, 0.6) is 0 Å². The van der Waals surface area contributed by atoms with Gasteiger partial charge in [0.2, 0.25) is 0 Å². The van der Waals surface area contributed by atoms with Crippen LogP contribution in [0.4, 0.5) is 0 Å². The third-order valence-corrected chi connectivity index (χ3v) is 8.14. The van der Waals surface area contributed by atoms with Gasteiger partial charge in [-0.1, -0.05) is 67.2 Å². The molecule has 0 fully saturated rings. The van der Waals surface area contributed by atoms with Crippen LogP contribution in [0.15, 0.2) is 0 Å². The Hall–Kier alpha value is -0.638. The Labute approximate surface area is 272 Å². The molecule has 0 aliphatic rings. The largest absolute Gasteiger partial charge is 0.542 e. The van der Waals surface area contributed by atoms with Crippen LogP contribution >= 0.6 is 11.9 Å². The Morgan fingerprint density at radius 3 is 1.80 bits per heavy atom. The Bertz CT molecular complexity index is 669. The van der Waals surface area contributed by atoms with E-state index in [4.69, 9.17) is 16.1 Å². The molecule has 236 valence electrons. The summed E-state index contributed by atoms with van der Waals surface area (Å²) in [7, 11) is 2.02. The number of hydrogen-bond donors (Lipinski definition) is 4. The molecule has 0 saturated carbocycles. The fourth-order valence-electron chi connectivity index (χ4n) is 4.27. The standard InChI is InChI=1S/C17H33N3O4S.C9H19NO2.C2H6.U/c1-4-14(3)6-9-20(12-16(22)19-18,25-13-17(23)24)10-7-15(5-2)8-11-21;1-4-6-10(3,7-5-2)8-9(11)12;1-2;/h14-15H,4-10,12-13,18H2,1-3H3,(H,19,22)(H,23,24);4-8H2,1-3H3;1-2H3;/p+1. The molecule has 3 atom stereocenters. The molecule has 3 unspecified atom stereocenters.